The topological polar surface area (TPSA) is 478 Å². The molecule has 458 valence electrons. The number of benzene rings is 4. The Bertz CT molecular complexity index is 3770. The summed E-state index contributed by atoms with van der Waals surface area (Å²) in [5.41, 5.74) is -1.26. The van der Waals surface area contributed by atoms with Gasteiger partial charge in [-0.05, 0) is 125 Å². The molecule has 0 spiro atoms. The molecule has 89 heavy (non-hydrogen) atoms. The second-order valence-electron chi connectivity index (χ2n) is 19.6. The maximum absolute atomic E-state index is 12.2. The van der Waals surface area contributed by atoms with Gasteiger partial charge < -0.3 is 109 Å². The van der Waals surface area contributed by atoms with Gasteiger partial charge in [-0.2, -0.15) is 0 Å². The molecule has 32 nitrogen and oxygen atoms in total. The second kappa shape index (κ2) is 25.2. The van der Waals surface area contributed by atoms with Crippen LogP contribution in [0, 0.1) is 0 Å². The van der Waals surface area contributed by atoms with Crippen LogP contribution in [-0.2, 0) is 57.8 Å². The molecule has 0 radical (unpaired) electrons. The Kier molecular flexibility index (Phi) is 18.1. The molecule has 7 aromatic rings. The maximum atomic E-state index is 12.2. The van der Waals surface area contributed by atoms with E-state index in [2.05, 4.69) is 0 Å². The first-order valence-electron chi connectivity index (χ1n) is 26.1. The summed E-state index contributed by atoms with van der Waals surface area (Å²) in [6, 6.07) is 9.79. The van der Waals surface area contributed by atoms with Crippen LogP contribution in [0.3, 0.4) is 0 Å². The molecule has 0 fully saturated rings. The minimum Gasteiger partial charge on any atom is -0.479 e. The largest absolute Gasteiger partial charge is 2.00 e. The molecule has 8 N–H and O–H groups in total. The van der Waals surface area contributed by atoms with E-state index in [1.54, 1.807) is 0 Å². The van der Waals surface area contributed by atoms with Crippen LogP contribution in [0.4, 0.5) is 0 Å². The summed E-state index contributed by atoms with van der Waals surface area (Å²) in [5.74, 6) is -15.5. The van der Waals surface area contributed by atoms with E-state index in [0.29, 0.717) is 0 Å². The third kappa shape index (κ3) is 13.2. The van der Waals surface area contributed by atoms with Gasteiger partial charge in [-0.1, -0.05) is 0 Å². The molecule has 33 heteroatoms. The average Bonchev–Trinajstić information content (AvgIpc) is 1.63. The van der Waals surface area contributed by atoms with Gasteiger partial charge in [0.25, 0.3) is 0 Å². The van der Waals surface area contributed by atoms with Crippen molar-refractivity contribution in [2.75, 3.05) is 0 Å². The number of rotatable bonds is 24. The molecule has 8 unspecified atom stereocenters. The predicted octanol–water partition coefficient (Wildman–Crippen LogP) is 4.94. The Labute approximate surface area is 510 Å². The SMILES string of the molecule is CC(Oc1cc2c(cc1OC(C)C(=O)O)-c1nc-2nc2[n-]c(nc3nc(nc4[n-]c(n1)c1cc(OC(C)C(=O)O)c(OC(C)C(=O)O)cc41)-c1cc(OC(C)C(=O)O)c(OC(C)C(=O)O)cc1-3)c1cc(OC(C)C(=O)O)c(OC(C)C(=O)O)cc21)C(=O)O.[Zn+2]. The molecule has 0 amide bonds. The zero-order chi connectivity index (χ0) is 64.1. The Morgan fingerprint density at radius 1 is 0.281 bits per heavy atom. The molecule has 0 aliphatic carbocycles. The van der Waals surface area contributed by atoms with E-state index in [1.165, 1.54) is 104 Å². The summed E-state index contributed by atoms with van der Waals surface area (Å²) in [4.78, 5) is 136. The van der Waals surface area contributed by atoms with Crippen molar-refractivity contribution < 1.29 is 137 Å². The average molecular weight is 1280 g/mol. The maximum Gasteiger partial charge on any atom is 2.00 e. The Morgan fingerprint density at radius 3 is 0.573 bits per heavy atom. The number of aromatic nitrogens is 8. The third-order valence-electron chi connectivity index (χ3n) is 13.2. The molecule has 5 heterocycles. The summed E-state index contributed by atoms with van der Waals surface area (Å²) >= 11 is 0. The number of nitrogens with zero attached hydrogens (tertiary/aromatic N) is 8. The van der Waals surface area contributed by atoms with E-state index in [9.17, 15) is 79.2 Å². The van der Waals surface area contributed by atoms with Crippen molar-refractivity contribution in [3.63, 3.8) is 0 Å². The monoisotopic (exact) mass is 1280 g/mol. The van der Waals surface area contributed by atoms with E-state index >= 15 is 0 Å². The van der Waals surface area contributed by atoms with Gasteiger partial charge >= 0.3 is 67.2 Å². The van der Waals surface area contributed by atoms with Crippen molar-refractivity contribution in [3.8, 4) is 91.5 Å². The second-order valence-corrected chi connectivity index (χ2v) is 19.6. The first-order chi connectivity index (χ1) is 41.5. The molecule has 9 rings (SSSR count). The van der Waals surface area contributed by atoms with Crippen molar-refractivity contribution in [3.05, 3.63) is 48.5 Å². The van der Waals surface area contributed by atoms with Gasteiger partial charge in [-0.25, -0.2) is 48.3 Å². The molecule has 3 aromatic heterocycles. The fraction of sp³-hybridized carbons (Fsp3) is 0.286. The van der Waals surface area contributed by atoms with Crippen molar-refractivity contribution in [2.24, 2.45) is 0 Å². The predicted molar refractivity (Wildman–Crippen MR) is 296 cm³/mol. The summed E-state index contributed by atoms with van der Waals surface area (Å²) in [7, 11) is 0. The Morgan fingerprint density at radius 2 is 0.427 bits per heavy atom. The number of hydrogen-bond acceptors (Lipinski definition) is 22. The van der Waals surface area contributed by atoms with E-state index in [-0.39, 0.29) is 155 Å². The van der Waals surface area contributed by atoms with Crippen LogP contribution in [0.2, 0.25) is 0 Å². The fourth-order valence-corrected chi connectivity index (χ4v) is 8.35. The number of carboxylic acids is 8. The minimum absolute atomic E-state index is 0. The summed E-state index contributed by atoms with van der Waals surface area (Å²) in [6.07, 6.45) is -12.7. The van der Waals surface area contributed by atoms with Crippen LogP contribution in [0.25, 0.3) is 89.7 Å². The molecular formula is C56H48N8O24Zn. The van der Waals surface area contributed by atoms with Crippen LogP contribution < -0.4 is 47.9 Å². The Hall–Kier alpha value is -11.0. The van der Waals surface area contributed by atoms with Crippen molar-refractivity contribution in [1.29, 1.82) is 0 Å². The van der Waals surface area contributed by atoms with Crippen LogP contribution >= 0.6 is 0 Å². The number of carbonyl (C=O) groups is 8. The zero-order valence-electron chi connectivity index (χ0n) is 47.6. The van der Waals surface area contributed by atoms with Gasteiger partial charge in [0.15, 0.2) is 94.8 Å². The molecule has 2 aliphatic heterocycles. The van der Waals surface area contributed by atoms with Crippen LogP contribution in [0.1, 0.15) is 55.4 Å². The molecule has 8 bridgehead atoms. The van der Waals surface area contributed by atoms with E-state index in [4.69, 9.17) is 77.8 Å². The van der Waals surface area contributed by atoms with Gasteiger partial charge in [0.2, 0.25) is 0 Å². The van der Waals surface area contributed by atoms with Crippen molar-refractivity contribution in [2.45, 2.75) is 104 Å². The van der Waals surface area contributed by atoms with E-state index in [1.807, 2.05) is 0 Å². The summed E-state index contributed by atoms with van der Waals surface area (Å²) in [6.45, 7) is 9.42. The number of hydrogen-bond donors (Lipinski definition) is 8. The standard InChI is InChI=1S/C56H50N8O24.Zn/c1-17(49(65)66)81-33-9-25-26(10-34(33)82-18(2)50(67)68)42-57-41(25)61-43-27-11-35(83-19(3)51(69)70)36(84-20(4)52(71)72)12-28(27)45(58-43)63-47-31-15-39(87-23(7)55(77)78)40(88-24(8)56(79)80)16-32(31)48(60-47)64-46-30-14-38(86-22(6)54(75)76)37(85-21(5)53(73)74)13-29(30)44(59-46)62-42;/h9-24H,1-8H3,(H10,57,58,59,60,61,62,63,64,65,66,67,68,69,70,71,72,73,74,75,76,77,78,79,80);/q;+2/p-2. The van der Waals surface area contributed by atoms with E-state index in [0.717, 1.165) is 0 Å². The third-order valence-corrected chi connectivity index (χ3v) is 13.2. The van der Waals surface area contributed by atoms with Crippen molar-refractivity contribution >= 4 is 91.9 Å². The fourth-order valence-electron chi connectivity index (χ4n) is 8.35. The first-order valence-corrected chi connectivity index (χ1v) is 26.1. The van der Waals surface area contributed by atoms with Crippen molar-refractivity contribution in [1.82, 2.24) is 39.9 Å². The van der Waals surface area contributed by atoms with E-state index < -0.39 is 96.6 Å². The van der Waals surface area contributed by atoms with Crippen LogP contribution in [0.5, 0.6) is 46.0 Å². The molecule has 0 saturated carbocycles. The summed E-state index contributed by atoms with van der Waals surface area (Å²) in [5, 5.41) is 79.5. The number of fused-ring (bicyclic) bond motifs is 20. The molecule has 4 aromatic carbocycles. The smallest absolute Gasteiger partial charge is 0.479 e. The number of carboxylic acid groups (broad SMARTS) is 8. The molecular weight excluding hydrogens is 1230 g/mol. The first kappa shape index (κ1) is 64.0. The molecule has 8 atom stereocenters. The van der Waals surface area contributed by atoms with Gasteiger partial charge in [0.05, 0.1) is 23.3 Å². The molecule has 2 aliphatic rings. The zero-order valence-corrected chi connectivity index (χ0v) is 50.6. The van der Waals surface area contributed by atoms with Crippen LogP contribution in [-0.4, -0.2) is 167 Å². The van der Waals surface area contributed by atoms with Gasteiger partial charge in [0.1, 0.15) is 0 Å². The number of aliphatic carboxylic acids is 8. The van der Waals surface area contributed by atoms with Gasteiger partial charge in [0, 0.05) is 44.8 Å². The number of ether oxygens (including phenoxy) is 8. The van der Waals surface area contributed by atoms with Gasteiger partial charge in [-0.15, -0.1) is 0 Å². The van der Waals surface area contributed by atoms with Gasteiger partial charge in [-0.3, -0.25) is 0 Å². The summed E-state index contributed by atoms with van der Waals surface area (Å²) < 4.78 is 46.5. The normalized spacial score (nSPS) is 14.1. The quantitative estimate of drug-likeness (QED) is 0.0371. The Balaban J connectivity index is 0.0000102. The molecule has 0 saturated heterocycles. The minimum atomic E-state index is -1.59. The van der Waals surface area contributed by atoms with Crippen LogP contribution in [0.15, 0.2) is 48.5 Å².